The Bertz CT molecular complexity index is 312. The molecular weight excluding hydrogens is 215 g/mol. The predicted molar refractivity (Wildman–Crippen MR) is 44.6 cm³/mol. The molecule has 0 fully saturated rings. The smallest absolute Gasteiger partial charge is 0.334 e. The number of ether oxygens (including phenoxy) is 1. The maximum Gasteiger partial charge on any atom is 0.334 e. The molecule has 0 aromatic rings. The third kappa shape index (κ3) is 5.47. The van der Waals surface area contributed by atoms with Crippen molar-refractivity contribution in [2.24, 2.45) is 0 Å². The van der Waals surface area contributed by atoms with Crippen LogP contribution in [0, 0.1) is 0 Å². The van der Waals surface area contributed by atoms with Crippen molar-refractivity contribution >= 4 is 19.5 Å². The van der Waals surface area contributed by atoms with E-state index >= 15 is 0 Å². The van der Waals surface area contributed by atoms with E-state index in [1.54, 1.807) is 0 Å². The summed E-state index contributed by atoms with van der Waals surface area (Å²) in [7, 11) is -3.49. The molecule has 0 aliphatic carbocycles. The van der Waals surface area contributed by atoms with Gasteiger partial charge >= 0.3 is 19.5 Å². The minimum absolute atomic E-state index is 0.408. The summed E-state index contributed by atoms with van der Waals surface area (Å²) >= 11 is 0. The molecule has 0 unspecified atom stereocenters. The molecule has 0 atom stereocenters. The van der Waals surface area contributed by atoms with Gasteiger partial charge in [0, 0.05) is 6.08 Å². The lowest BCUT2D eigenvalue weighted by Gasteiger charge is -2.05. The highest BCUT2D eigenvalue weighted by molar-refractivity contribution is 7.52. The van der Waals surface area contributed by atoms with E-state index in [1.165, 1.54) is 0 Å². The Morgan fingerprint density at radius 1 is 1.43 bits per heavy atom. The van der Waals surface area contributed by atoms with Gasteiger partial charge < -0.3 is 19.6 Å². The lowest BCUT2D eigenvalue weighted by molar-refractivity contribution is -0.137. The largest absolute Gasteiger partial charge is 0.478 e. The number of carboxylic acids is 1. The highest BCUT2D eigenvalue weighted by Crippen LogP contribution is 2.36. The van der Waals surface area contributed by atoms with Crippen LogP contribution in [-0.4, -0.2) is 40.1 Å². The van der Waals surface area contributed by atoms with Gasteiger partial charge in [-0.25, -0.2) is 9.59 Å². The molecule has 0 amide bonds. The number of carbonyl (C=O) groups excluding carboxylic acids is 1. The molecule has 0 bridgehead atoms. The quantitative estimate of drug-likeness (QED) is 0.329. The Labute approximate surface area is 79.2 Å². The van der Waals surface area contributed by atoms with Gasteiger partial charge in [0.25, 0.3) is 0 Å². The first-order valence-corrected chi connectivity index (χ1v) is 5.12. The Kier molecular flexibility index (Phi) is 4.49. The third-order valence-electron chi connectivity index (χ3n) is 1.12. The average Bonchev–Trinajstić information content (AvgIpc) is 1.98. The van der Waals surface area contributed by atoms with Gasteiger partial charge in [-0.3, -0.25) is 4.57 Å². The van der Waals surface area contributed by atoms with Crippen LogP contribution in [0.1, 0.15) is 0 Å². The van der Waals surface area contributed by atoms with Crippen LogP contribution in [0.2, 0.25) is 0 Å². The van der Waals surface area contributed by atoms with E-state index in [1.807, 2.05) is 0 Å². The van der Waals surface area contributed by atoms with E-state index in [0.717, 1.165) is 7.11 Å². The predicted octanol–water partition coefficient (Wildman–Crippen LogP) is -0.652. The molecule has 80 valence electrons. The number of esters is 1. The van der Waals surface area contributed by atoms with Crippen LogP contribution in [0.25, 0.3) is 0 Å². The van der Waals surface area contributed by atoms with E-state index in [9.17, 15) is 14.2 Å². The lowest BCUT2D eigenvalue weighted by atomic mass is 10.3. The van der Waals surface area contributed by atoms with Crippen LogP contribution >= 0.6 is 7.60 Å². The second-order valence-electron chi connectivity index (χ2n) is 2.32. The van der Waals surface area contributed by atoms with Crippen LogP contribution < -0.4 is 0 Å². The Morgan fingerprint density at radius 3 is 2.21 bits per heavy atom. The fraction of sp³-hybridized carbons (Fsp3) is 0.333. The molecule has 0 saturated heterocycles. The van der Waals surface area contributed by atoms with Crippen LogP contribution in [0.3, 0.4) is 0 Å². The summed E-state index contributed by atoms with van der Waals surface area (Å²) in [6, 6.07) is 0. The lowest BCUT2D eigenvalue weighted by Crippen LogP contribution is -2.11. The Hall–Kier alpha value is -1.17. The van der Waals surface area contributed by atoms with Gasteiger partial charge in [0.2, 0.25) is 0 Å². The van der Waals surface area contributed by atoms with Crippen molar-refractivity contribution in [2.75, 3.05) is 13.3 Å². The third-order valence-corrected chi connectivity index (χ3v) is 1.87. The molecule has 7 nitrogen and oxygen atoms in total. The second-order valence-corrected chi connectivity index (χ2v) is 3.97. The molecular formula is C6H9O7P. The van der Waals surface area contributed by atoms with Crippen LogP contribution in [0.5, 0.6) is 0 Å². The number of carboxylic acid groups (broad SMARTS) is 1. The van der Waals surface area contributed by atoms with Gasteiger partial charge in [0.15, 0.2) is 0 Å². The highest BCUT2D eigenvalue weighted by atomic mass is 31.2. The summed E-state index contributed by atoms with van der Waals surface area (Å²) < 4.78 is 14.6. The molecule has 0 aromatic carbocycles. The Balaban J connectivity index is 4.84. The number of methoxy groups -OCH3 is 1. The SMILES string of the molecule is COC(=O)/C(=C\C(=O)O)CP(=O)(O)O. The van der Waals surface area contributed by atoms with E-state index in [2.05, 4.69) is 4.74 Å². The zero-order valence-corrected chi connectivity index (χ0v) is 8.10. The zero-order valence-electron chi connectivity index (χ0n) is 7.21. The van der Waals surface area contributed by atoms with E-state index in [4.69, 9.17) is 14.9 Å². The monoisotopic (exact) mass is 224 g/mol. The van der Waals surface area contributed by atoms with Crippen LogP contribution in [0.4, 0.5) is 0 Å². The summed E-state index contributed by atoms with van der Waals surface area (Å²) in [5.74, 6) is -2.55. The minimum atomic E-state index is -4.48. The normalized spacial score (nSPS) is 12.4. The maximum atomic E-state index is 10.8. The van der Waals surface area contributed by atoms with E-state index < -0.39 is 31.3 Å². The highest BCUT2D eigenvalue weighted by Gasteiger charge is 2.22. The van der Waals surface area contributed by atoms with Crippen LogP contribution in [-0.2, 0) is 18.9 Å². The van der Waals surface area contributed by atoms with Crippen molar-refractivity contribution in [3.8, 4) is 0 Å². The summed E-state index contributed by atoms with van der Waals surface area (Å²) in [4.78, 5) is 38.0. The van der Waals surface area contributed by atoms with E-state index in [0.29, 0.717) is 6.08 Å². The zero-order chi connectivity index (χ0) is 11.4. The number of hydrogen-bond donors (Lipinski definition) is 3. The molecule has 0 spiro atoms. The van der Waals surface area contributed by atoms with E-state index in [-0.39, 0.29) is 0 Å². The molecule has 0 rings (SSSR count). The van der Waals surface area contributed by atoms with Gasteiger partial charge in [-0.1, -0.05) is 0 Å². The fourth-order valence-electron chi connectivity index (χ4n) is 0.671. The van der Waals surface area contributed by atoms with Crippen molar-refractivity contribution in [3.05, 3.63) is 11.6 Å². The average molecular weight is 224 g/mol. The van der Waals surface area contributed by atoms with Crippen molar-refractivity contribution < 1.29 is 33.8 Å². The van der Waals surface area contributed by atoms with Crippen molar-refractivity contribution in [3.63, 3.8) is 0 Å². The number of carbonyl (C=O) groups is 2. The summed E-state index contributed by atoms with van der Waals surface area (Å²) in [5.41, 5.74) is -0.576. The fourth-order valence-corrected chi connectivity index (χ4v) is 1.34. The van der Waals surface area contributed by atoms with Gasteiger partial charge in [-0.05, 0) is 0 Å². The topological polar surface area (TPSA) is 121 Å². The van der Waals surface area contributed by atoms with Crippen molar-refractivity contribution in [1.29, 1.82) is 0 Å². The van der Waals surface area contributed by atoms with Crippen LogP contribution in [0.15, 0.2) is 11.6 Å². The van der Waals surface area contributed by atoms with Gasteiger partial charge in [-0.2, -0.15) is 0 Å². The van der Waals surface area contributed by atoms with Gasteiger partial charge in [-0.15, -0.1) is 0 Å². The molecule has 0 aromatic heterocycles. The molecule has 0 aliphatic heterocycles. The van der Waals surface area contributed by atoms with Gasteiger partial charge in [0.05, 0.1) is 18.8 Å². The maximum absolute atomic E-state index is 10.8. The summed E-state index contributed by atoms with van der Waals surface area (Å²) in [6.07, 6.45) is -0.545. The van der Waals surface area contributed by atoms with Crippen molar-refractivity contribution in [2.45, 2.75) is 0 Å². The molecule has 0 saturated carbocycles. The number of rotatable bonds is 4. The molecule has 0 heterocycles. The van der Waals surface area contributed by atoms with Crippen molar-refractivity contribution in [1.82, 2.24) is 0 Å². The number of hydrogen-bond acceptors (Lipinski definition) is 4. The standard InChI is InChI=1S/C6H9O7P/c1-13-6(9)4(2-5(7)8)3-14(10,11)12/h2H,3H2,1H3,(H,7,8)(H2,10,11,12)/b4-2-. The molecule has 0 radical (unpaired) electrons. The molecule has 8 heteroatoms. The Morgan fingerprint density at radius 2 is 1.93 bits per heavy atom. The first-order chi connectivity index (χ1) is 6.26. The number of aliphatic carboxylic acids is 1. The second kappa shape index (κ2) is 4.90. The molecule has 14 heavy (non-hydrogen) atoms. The minimum Gasteiger partial charge on any atom is -0.478 e. The summed E-state index contributed by atoms with van der Waals surface area (Å²) in [5, 5.41) is 8.29. The molecule has 0 aliphatic rings. The first-order valence-electron chi connectivity index (χ1n) is 3.32. The molecule has 3 N–H and O–H groups in total. The first kappa shape index (κ1) is 12.8. The van der Waals surface area contributed by atoms with Gasteiger partial charge in [0.1, 0.15) is 0 Å². The summed E-state index contributed by atoms with van der Waals surface area (Å²) in [6.45, 7) is 0.